The highest BCUT2D eigenvalue weighted by atomic mass is 32.2. The molecule has 0 aromatic carbocycles. The normalized spacial score (nSPS) is 31.1. The molecule has 5 N–H and O–H groups in total. The molecule has 0 spiro atoms. The molecule has 4 atom stereocenters. The van der Waals surface area contributed by atoms with Crippen molar-refractivity contribution < 1.29 is 15.3 Å². The molecule has 2 aromatic rings. The van der Waals surface area contributed by atoms with Crippen molar-refractivity contribution in [3.63, 3.8) is 0 Å². The lowest BCUT2D eigenvalue weighted by Crippen LogP contribution is -2.32. The summed E-state index contributed by atoms with van der Waals surface area (Å²) in [6.07, 6.45) is 0.831. The van der Waals surface area contributed by atoms with Gasteiger partial charge in [-0.1, -0.05) is 0 Å². The van der Waals surface area contributed by atoms with Crippen LogP contribution in [0, 0.1) is 0 Å². The smallest absolute Gasteiger partial charge is 0.166 e. The minimum absolute atomic E-state index is 0.205. The minimum Gasteiger partial charge on any atom is -0.395 e. The maximum Gasteiger partial charge on any atom is 0.166 e. The van der Waals surface area contributed by atoms with Crippen molar-refractivity contribution in [2.45, 2.75) is 22.8 Å². The van der Waals surface area contributed by atoms with E-state index in [0.29, 0.717) is 11.2 Å². The molecule has 0 saturated carbocycles. The summed E-state index contributed by atoms with van der Waals surface area (Å²) in [7, 11) is 0. The Morgan fingerprint density at radius 1 is 1.26 bits per heavy atom. The summed E-state index contributed by atoms with van der Waals surface area (Å²) in [6, 6.07) is 0. The largest absolute Gasteiger partial charge is 0.395 e. The van der Waals surface area contributed by atoms with Gasteiger partial charge in [0.25, 0.3) is 0 Å². The van der Waals surface area contributed by atoms with E-state index in [4.69, 9.17) is 10.8 Å². The molecule has 9 heteroatoms. The summed E-state index contributed by atoms with van der Waals surface area (Å²) in [4.78, 5) is 12.1. The molecule has 19 heavy (non-hydrogen) atoms. The molecule has 1 aliphatic heterocycles. The lowest BCUT2D eigenvalue weighted by Gasteiger charge is -2.16. The number of aromatic nitrogens is 4. The first-order valence-electron chi connectivity index (χ1n) is 5.69. The SMILES string of the molecule is Nc1ncnc2c1ncn2[C@@H]1S[C@H](CO)[C@@H](O)[C@@H]1O. The Morgan fingerprint density at radius 2 is 2.05 bits per heavy atom. The number of nitrogens with zero attached hydrogens (tertiary/aromatic N) is 4. The van der Waals surface area contributed by atoms with E-state index in [1.54, 1.807) is 4.57 Å². The van der Waals surface area contributed by atoms with E-state index in [1.807, 2.05) is 0 Å². The molecule has 1 aliphatic rings. The number of thioether (sulfide) groups is 1. The number of nitrogen functional groups attached to an aromatic ring is 1. The van der Waals surface area contributed by atoms with Crippen LogP contribution in [0.2, 0.25) is 0 Å². The number of aliphatic hydroxyl groups excluding tert-OH is 3. The second kappa shape index (κ2) is 4.60. The zero-order valence-electron chi connectivity index (χ0n) is 9.79. The highest BCUT2D eigenvalue weighted by Gasteiger charge is 2.43. The third-order valence-corrected chi connectivity index (χ3v) is 4.74. The fraction of sp³-hybridized carbons (Fsp3) is 0.500. The van der Waals surface area contributed by atoms with Gasteiger partial charge in [-0.05, 0) is 0 Å². The van der Waals surface area contributed by atoms with Crippen LogP contribution in [-0.2, 0) is 0 Å². The van der Waals surface area contributed by atoms with Gasteiger partial charge in [0.1, 0.15) is 23.3 Å². The third kappa shape index (κ3) is 1.86. The van der Waals surface area contributed by atoms with Crippen LogP contribution in [0.3, 0.4) is 0 Å². The second-order valence-corrected chi connectivity index (χ2v) is 5.67. The van der Waals surface area contributed by atoms with Crippen molar-refractivity contribution in [2.75, 3.05) is 12.3 Å². The van der Waals surface area contributed by atoms with Crippen LogP contribution >= 0.6 is 11.8 Å². The van der Waals surface area contributed by atoms with Crippen molar-refractivity contribution in [3.8, 4) is 0 Å². The number of anilines is 1. The van der Waals surface area contributed by atoms with Gasteiger partial charge in [-0.3, -0.25) is 4.57 Å². The van der Waals surface area contributed by atoms with Crippen molar-refractivity contribution in [1.82, 2.24) is 19.5 Å². The fourth-order valence-electron chi connectivity index (χ4n) is 2.17. The topological polar surface area (TPSA) is 130 Å². The van der Waals surface area contributed by atoms with Gasteiger partial charge >= 0.3 is 0 Å². The Balaban J connectivity index is 2.04. The van der Waals surface area contributed by atoms with Crippen molar-refractivity contribution >= 4 is 28.7 Å². The molecule has 1 saturated heterocycles. The summed E-state index contributed by atoms with van der Waals surface area (Å²) < 4.78 is 1.64. The summed E-state index contributed by atoms with van der Waals surface area (Å²) in [5.74, 6) is 0.264. The predicted octanol–water partition coefficient (Wildman–Crippen LogP) is -1.26. The Morgan fingerprint density at radius 3 is 2.74 bits per heavy atom. The van der Waals surface area contributed by atoms with Gasteiger partial charge in [0.15, 0.2) is 11.5 Å². The monoisotopic (exact) mass is 283 g/mol. The quantitative estimate of drug-likeness (QED) is 0.537. The average Bonchev–Trinajstić information content (AvgIpc) is 2.94. The number of hydrogen-bond donors (Lipinski definition) is 4. The van der Waals surface area contributed by atoms with Gasteiger partial charge in [0, 0.05) is 0 Å². The first-order chi connectivity index (χ1) is 9.13. The minimum atomic E-state index is -1.00. The second-order valence-electron chi connectivity index (χ2n) is 4.31. The van der Waals surface area contributed by atoms with Crippen LogP contribution in [0.5, 0.6) is 0 Å². The standard InChI is InChI=1S/C10H13N5O3S/c11-8-5-9(13-2-12-8)15(3-14-5)10-7(18)6(17)4(1-16)19-10/h2-4,6-7,10,16-18H,1H2,(H2,11,12,13)/t4-,6-,7+,10-/m1/s1. The van der Waals surface area contributed by atoms with Gasteiger partial charge in [-0.2, -0.15) is 0 Å². The number of nitrogens with two attached hydrogens (primary N) is 1. The van der Waals surface area contributed by atoms with E-state index in [1.165, 1.54) is 24.4 Å². The molecule has 0 aliphatic carbocycles. The number of aliphatic hydroxyl groups is 3. The molecule has 2 aromatic heterocycles. The summed E-state index contributed by atoms with van der Waals surface area (Å²) >= 11 is 1.28. The first kappa shape index (κ1) is 12.6. The zero-order valence-corrected chi connectivity index (χ0v) is 10.6. The molecule has 0 radical (unpaired) electrons. The van der Waals surface area contributed by atoms with E-state index in [2.05, 4.69) is 15.0 Å². The van der Waals surface area contributed by atoms with E-state index in [9.17, 15) is 10.2 Å². The van der Waals surface area contributed by atoms with E-state index in [-0.39, 0.29) is 12.4 Å². The zero-order chi connectivity index (χ0) is 13.6. The molecule has 1 fully saturated rings. The lowest BCUT2D eigenvalue weighted by atomic mass is 10.1. The predicted molar refractivity (Wildman–Crippen MR) is 69.3 cm³/mol. The first-order valence-corrected chi connectivity index (χ1v) is 6.63. The molecular weight excluding hydrogens is 270 g/mol. The van der Waals surface area contributed by atoms with Crippen LogP contribution in [0.15, 0.2) is 12.7 Å². The maximum atomic E-state index is 10.1. The molecule has 3 heterocycles. The summed E-state index contributed by atoms with van der Waals surface area (Å²) in [6.45, 7) is -0.205. The number of fused-ring (bicyclic) bond motifs is 1. The molecule has 3 rings (SSSR count). The Kier molecular flexibility index (Phi) is 3.05. The third-order valence-electron chi connectivity index (χ3n) is 3.18. The number of imidazole rings is 1. The highest BCUT2D eigenvalue weighted by molar-refractivity contribution is 8.00. The Hall–Kier alpha value is -1.42. The summed E-state index contributed by atoms with van der Waals surface area (Å²) in [5.41, 5.74) is 6.65. The van der Waals surface area contributed by atoms with Gasteiger partial charge in [0.2, 0.25) is 0 Å². The van der Waals surface area contributed by atoms with Gasteiger partial charge in [-0.25, -0.2) is 15.0 Å². The molecule has 8 nitrogen and oxygen atoms in total. The maximum absolute atomic E-state index is 10.1. The van der Waals surface area contributed by atoms with Crippen molar-refractivity contribution in [1.29, 1.82) is 0 Å². The molecule has 0 unspecified atom stereocenters. The van der Waals surface area contributed by atoms with Crippen molar-refractivity contribution in [2.24, 2.45) is 0 Å². The Bertz CT molecular complexity index is 606. The lowest BCUT2D eigenvalue weighted by molar-refractivity contribution is 0.0113. The number of rotatable bonds is 2. The van der Waals surface area contributed by atoms with Gasteiger partial charge < -0.3 is 21.1 Å². The molecule has 0 amide bonds. The van der Waals surface area contributed by atoms with Crippen molar-refractivity contribution in [3.05, 3.63) is 12.7 Å². The summed E-state index contributed by atoms with van der Waals surface area (Å²) in [5, 5.41) is 28.2. The van der Waals surface area contributed by atoms with Crippen LogP contribution < -0.4 is 5.73 Å². The van der Waals surface area contributed by atoms with Crippen LogP contribution in [0.25, 0.3) is 11.2 Å². The fourth-order valence-corrected chi connectivity index (χ4v) is 3.54. The van der Waals surface area contributed by atoms with Crippen LogP contribution in [-0.4, -0.2) is 58.9 Å². The van der Waals surface area contributed by atoms with E-state index < -0.39 is 22.8 Å². The van der Waals surface area contributed by atoms with Gasteiger partial charge in [0.05, 0.1) is 24.3 Å². The van der Waals surface area contributed by atoms with Crippen LogP contribution in [0.1, 0.15) is 5.37 Å². The molecule has 0 bridgehead atoms. The van der Waals surface area contributed by atoms with E-state index >= 15 is 0 Å². The van der Waals surface area contributed by atoms with Gasteiger partial charge in [-0.15, -0.1) is 11.8 Å². The molecule has 102 valence electrons. The molecular formula is C10H13N5O3S. The Labute approximate surface area is 112 Å². The average molecular weight is 283 g/mol. The highest BCUT2D eigenvalue weighted by Crippen LogP contribution is 2.42. The van der Waals surface area contributed by atoms with E-state index in [0.717, 1.165) is 0 Å². The number of hydrogen-bond acceptors (Lipinski definition) is 8. The van der Waals surface area contributed by atoms with Crippen LogP contribution in [0.4, 0.5) is 5.82 Å².